The van der Waals surface area contributed by atoms with Crippen LogP contribution in [0.25, 0.3) is 5.57 Å². The number of hydrogen-bond acceptors (Lipinski definition) is 2. The van der Waals surface area contributed by atoms with Gasteiger partial charge in [0.15, 0.2) is 0 Å². The van der Waals surface area contributed by atoms with Crippen LogP contribution in [-0.2, 0) is 0 Å². The lowest BCUT2D eigenvalue weighted by Gasteiger charge is -2.25. The first-order chi connectivity index (χ1) is 7.40. The fraction of sp³-hybridized carbons (Fsp3) is 0.385. The largest absolute Gasteiger partial charge is 0.299 e. The quantitative estimate of drug-likeness (QED) is 0.813. The van der Waals surface area contributed by atoms with E-state index < -0.39 is 0 Å². The first-order valence-corrected chi connectivity index (χ1v) is 6.11. The van der Waals surface area contributed by atoms with Crippen molar-refractivity contribution in [1.29, 1.82) is 0 Å². The molecule has 16 heavy (non-hydrogen) atoms. The van der Waals surface area contributed by atoms with E-state index in [2.05, 4.69) is 53.9 Å². The Morgan fingerprint density at radius 1 is 1.19 bits per heavy atom. The standard InChI is InChI=1S/C13H17NS.ClH/c15-11-10-14-8-6-13(7-9-14)12-4-2-1-3-5-12;/h1-6,15H,7-11H2;1H. The maximum Gasteiger partial charge on any atom is 0.0169 e. The van der Waals surface area contributed by atoms with Gasteiger partial charge in [-0.1, -0.05) is 36.4 Å². The van der Waals surface area contributed by atoms with Crippen LogP contribution in [0.15, 0.2) is 36.4 Å². The van der Waals surface area contributed by atoms with E-state index in [4.69, 9.17) is 0 Å². The molecular weight excluding hydrogens is 238 g/mol. The van der Waals surface area contributed by atoms with Gasteiger partial charge < -0.3 is 0 Å². The van der Waals surface area contributed by atoms with Gasteiger partial charge in [0.2, 0.25) is 0 Å². The smallest absolute Gasteiger partial charge is 0.0169 e. The number of halogens is 1. The molecule has 0 unspecified atom stereocenters. The lowest BCUT2D eigenvalue weighted by atomic mass is 10.00. The molecule has 0 saturated heterocycles. The van der Waals surface area contributed by atoms with Crippen LogP contribution in [0.5, 0.6) is 0 Å². The van der Waals surface area contributed by atoms with Gasteiger partial charge in [-0.05, 0) is 17.6 Å². The van der Waals surface area contributed by atoms with Crippen molar-refractivity contribution in [2.45, 2.75) is 6.42 Å². The third-order valence-electron chi connectivity index (χ3n) is 2.85. The Morgan fingerprint density at radius 3 is 2.50 bits per heavy atom. The van der Waals surface area contributed by atoms with Crippen molar-refractivity contribution in [1.82, 2.24) is 4.90 Å². The zero-order chi connectivity index (χ0) is 10.5. The van der Waals surface area contributed by atoms with E-state index >= 15 is 0 Å². The zero-order valence-corrected chi connectivity index (χ0v) is 11.0. The molecule has 3 heteroatoms. The summed E-state index contributed by atoms with van der Waals surface area (Å²) in [6.07, 6.45) is 3.51. The van der Waals surface area contributed by atoms with E-state index in [0.717, 1.165) is 25.3 Å². The number of thiol groups is 1. The number of nitrogens with zero attached hydrogens (tertiary/aromatic N) is 1. The van der Waals surface area contributed by atoms with Crippen LogP contribution in [-0.4, -0.2) is 30.3 Å². The molecular formula is C13H18ClNS. The van der Waals surface area contributed by atoms with Crippen molar-refractivity contribution in [3.8, 4) is 0 Å². The van der Waals surface area contributed by atoms with Gasteiger partial charge in [-0.2, -0.15) is 12.6 Å². The first kappa shape index (κ1) is 13.6. The normalized spacial score (nSPS) is 16.4. The van der Waals surface area contributed by atoms with Crippen LogP contribution in [0.1, 0.15) is 12.0 Å². The van der Waals surface area contributed by atoms with Crippen molar-refractivity contribution in [3.63, 3.8) is 0 Å². The molecule has 2 rings (SSSR count). The summed E-state index contributed by atoms with van der Waals surface area (Å²) in [6.45, 7) is 3.34. The van der Waals surface area contributed by atoms with Crippen LogP contribution < -0.4 is 0 Å². The van der Waals surface area contributed by atoms with Crippen LogP contribution in [0, 0.1) is 0 Å². The van der Waals surface area contributed by atoms with Gasteiger partial charge in [-0.25, -0.2) is 0 Å². The van der Waals surface area contributed by atoms with Crippen molar-refractivity contribution < 1.29 is 0 Å². The van der Waals surface area contributed by atoms with Gasteiger partial charge in [-0.3, -0.25) is 4.90 Å². The Hall–Kier alpha value is -0.440. The molecule has 88 valence electrons. The Kier molecular flexibility index (Phi) is 5.96. The minimum Gasteiger partial charge on any atom is -0.299 e. The zero-order valence-electron chi connectivity index (χ0n) is 9.30. The second-order valence-electron chi connectivity index (χ2n) is 3.87. The maximum atomic E-state index is 4.26. The highest BCUT2D eigenvalue weighted by Gasteiger charge is 2.11. The first-order valence-electron chi connectivity index (χ1n) is 5.48. The second-order valence-corrected chi connectivity index (χ2v) is 4.32. The molecule has 0 N–H and O–H groups in total. The number of rotatable bonds is 3. The highest BCUT2D eigenvalue weighted by molar-refractivity contribution is 7.80. The Morgan fingerprint density at radius 2 is 1.94 bits per heavy atom. The summed E-state index contributed by atoms with van der Waals surface area (Å²) in [6, 6.07) is 10.7. The SMILES string of the molecule is Cl.SCCN1CC=C(c2ccccc2)CC1. The molecule has 1 aromatic carbocycles. The summed E-state index contributed by atoms with van der Waals surface area (Å²) in [7, 11) is 0. The molecule has 1 heterocycles. The predicted octanol–water partition coefficient (Wildman–Crippen LogP) is 3.13. The summed E-state index contributed by atoms with van der Waals surface area (Å²) in [5, 5.41) is 0. The summed E-state index contributed by atoms with van der Waals surface area (Å²) < 4.78 is 0. The average Bonchev–Trinajstić information content (AvgIpc) is 2.32. The van der Waals surface area contributed by atoms with Crippen LogP contribution >= 0.6 is 25.0 Å². The number of hydrogen-bond donors (Lipinski definition) is 1. The van der Waals surface area contributed by atoms with E-state index in [9.17, 15) is 0 Å². The van der Waals surface area contributed by atoms with E-state index in [-0.39, 0.29) is 12.4 Å². The highest BCUT2D eigenvalue weighted by Crippen LogP contribution is 2.21. The third kappa shape index (κ3) is 3.55. The third-order valence-corrected chi connectivity index (χ3v) is 3.05. The molecule has 1 aliphatic rings. The molecule has 0 fully saturated rings. The number of benzene rings is 1. The minimum atomic E-state index is 0. The maximum absolute atomic E-state index is 4.26. The fourth-order valence-electron chi connectivity index (χ4n) is 1.97. The minimum absolute atomic E-state index is 0. The van der Waals surface area contributed by atoms with Gasteiger partial charge in [-0.15, -0.1) is 12.4 Å². The van der Waals surface area contributed by atoms with Crippen molar-refractivity contribution in [2.24, 2.45) is 0 Å². The van der Waals surface area contributed by atoms with E-state index in [1.54, 1.807) is 0 Å². The average molecular weight is 256 g/mol. The summed E-state index contributed by atoms with van der Waals surface area (Å²) in [5.74, 6) is 0.953. The molecule has 0 bridgehead atoms. The van der Waals surface area contributed by atoms with E-state index in [1.807, 2.05) is 0 Å². The topological polar surface area (TPSA) is 3.24 Å². The van der Waals surface area contributed by atoms with Gasteiger partial charge in [0.25, 0.3) is 0 Å². The molecule has 0 saturated carbocycles. The van der Waals surface area contributed by atoms with Gasteiger partial charge in [0, 0.05) is 25.4 Å². The van der Waals surface area contributed by atoms with Crippen LogP contribution in [0.4, 0.5) is 0 Å². The van der Waals surface area contributed by atoms with E-state index in [0.29, 0.717) is 0 Å². The van der Waals surface area contributed by atoms with E-state index in [1.165, 1.54) is 17.7 Å². The monoisotopic (exact) mass is 255 g/mol. The lowest BCUT2D eigenvalue weighted by Crippen LogP contribution is -2.30. The lowest BCUT2D eigenvalue weighted by molar-refractivity contribution is 0.321. The van der Waals surface area contributed by atoms with Gasteiger partial charge in [0.05, 0.1) is 0 Å². The molecule has 0 amide bonds. The highest BCUT2D eigenvalue weighted by atomic mass is 35.5. The summed E-state index contributed by atoms with van der Waals surface area (Å²) in [5.41, 5.74) is 2.87. The molecule has 0 spiro atoms. The van der Waals surface area contributed by atoms with Crippen molar-refractivity contribution >= 4 is 30.6 Å². The van der Waals surface area contributed by atoms with Gasteiger partial charge in [0.1, 0.15) is 0 Å². The summed E-state index contributed by atoms with van der Waals surface area (Å²) in [4.78, 5) is 2.44. The molecule has 1 aliphatic heterocycles. The molecule has 0 aromatic heterocycles. The molecule has 0 aliphatic carbocycles. The van der Waals surface area contributed by atoms with Crippen LogP contribution in [0.3, 0.4) is 0 Å². The van der Waals surface area contributed by atoms with Crippen molar-refractivity contribution in [3.05, 3.63) is 42.0 Å². The fourth-order valence-corrected chi connectivity index (χ4v) is 2.25. The van der Waals surface area contributed by atoms with Crippen molar-refractivity contribution in [2.75, 3.05) is 25.4 Å². The Bertz CT molecular complexity index is 337. The Labute approximate surface area is 109 Å². The molecule has 0 atom stereocenters. The summed E-state index contributed by atoms with van der Waals surface area (Å²) >= 11 is 4.26. The Balaban J connectivity index is 0.00000128. The predicted molar refractivity (Wildman–Crippen MR) is 76.6 cm³/mol. The molecule has 1 nitrogen and oxygen atoms in total. The van der Waals surface area contributed by atoms with Gasteiger partial charge >= 0.3 is 0 Å². The molecule has 1 aromatic rings. The molecule has 0 radical (unpaired) electrons. The van der Waals surface area contributed by atoms with Crippen LogP contribution in [0.2, 0.25) is 0 Å². The second kappa shape index (κ2) is 7.00.